The molecule has 8 heteroatoms. The van der Waals surface area contributed by atoms with Gasteiger partial charge in [-0.05, 0) is 36.1 Å². The average molecular weight is 434 g/mol. The van der Waals surface area contributed by atoms with Crippen LogP contribution in [0.25, 0.3) is 0 Å². The molecule has 0 unspecified atom stereocenters. The number of anilines is 1. The van der Waals surface area contributed by atoms with Crippen LogP contribution in [-0.4, -0.2) is 39.9 Å². The third-order valence-electron chi connectivity index (χ3n) is 3.81. The van der Waals surface area contributed by atoms with Crippen LogP contribution >= 0.6 is 27.7 Å². The fourth-order valence-corrected chi connectivity index (χ4v) is 3.54. The summed E-state index contributed by atoms with van der Waals surface area (Å²) >= 11 is 4.91. The SMILES string of the molecule is CCSc1ccc(NC(=O)CCN2C(=O)c3ccc(Br)cc3C2=O)cn1. The van der Waals surface area contributed by atoms with E-state index in [0.717, 1.165) is 20.2 Å². The van der Waals surface area contributed by atoms with E-state index in [4.69, 9.17) is 0 Å². The Bertz CT molecular complexity index is 870. The van der Waals surface area contributed by atoms with Crippen molar-refractivity contribution in [2.45, 2.75) is 18.4 Å². The van der Waals surface area contributed by atoms with Crippen LogP contribution in [0.4, 0.5) is 5.69 Å². The number of nitrogens with one attached hydrogen (secondary N) is 1. The molecule has 0 saturated carbocycles. The van der Waals surface area contributed by atoms with Gasteiger partial charge in [-0.15, -0.1) is 11.8 Å². The number of nitrogens with zero attached hydrogens (tertiary/aromatic N) is 2. The Morgan fingerprint density at radius 1 is 1.19 bits per heavy atom. The summed E-state index contributed by atoms with van der Waals surface area (Å²) in [6, 6.07) is 8.57. The standard InChI is InChI=1S/C18H16BrN3O3S/c1-2-26-16-6-4-12(10-20-16)21-15(23)7-8-22-17(24)13-5-3-11(19)9-14(13)18(22)25/h3-6,9-10H,2,7-8H2,1H3,(H,21,23). The van der Waals surface area contributed by atoms with Crippen LogP contribution < -0.4 is 5.32 Å². The van der Waals surface area contributed by atoms with Gasteiger partial charge in [0.05, 0.1) is 28.0 Å². The molecule has 0 bridgehead atoms. The van der Waals surface area contributed by atoms with Crippen molar-refractivity contribution in [1.29, 1.82) is 0 Å². The lowest BCUT2D eigenvalue weighted by molar-refractivity contribution is -0.116. The van der Waals surface area contributed by atoms with Gasteiger partial charge in [-0.2, -0.15) is 0 Å². The van der Waals surface area contributed by atoms with Crippen molar-refractivity contribution in [3.05, 3.63) is 52.1 Å². The highest BCUT2D eigenvalue weighted by atomic mass is 79.9. The Kier molecular flexibility index (Phi) is 5.73. The third kappa shape index (κ3) is 3.96. The molecular weight excluding hydrogens is 418 g/mol. The van der Waals surface area contributed by atoms with Crippen molar-refractivity contribution in [2.75, 3.05) is 17.6 Å². The summed E-state index contributed by atoms with van der Waals surface area (Å²) in [5, 5.41) is 3.62. The first kappa shape index (κ1) is 18.6. The number of benzene rings is 1. The number of fused-ring (bicyclic) bond motifs is 1. The molecular formula is C18H16BrN3O3S. The molecule has 26 heavy (non-hydrogen) atoms. The van der Waals surface area contributed by atoms with E-state index in [1.807, 2.05) is 13.0 Å². The van der Waals surface area contributed by atoms with E-state index in [1.165, 1.54) is 0 Å². The van der Waals surface area contributed by atoms with Gasteiger partial charge in [0.25, 0.3) is 11.8 Å². The number of hydrogen-bond donors (Lipinski definition) is 1. The number of rotatable bonds is 6. The lowest BCUT2D eigenvalue weighted by Gasteiger charge is -2.13. The van der Waals surface area contributed by atoms with Crippen molar-refractivity contribution in [3.63, 3.8) is 0 Å². The average Bonchev–Trinajstić information content (AvgIpc) is 2.85. The van der Waals surface area contributed by atoms with Gasteiger partial charge in [-0.1, -0.05) is 22.9 Å². The minimum atomic E-state index is -0.373. The first-order chi connectivity index (χ1) is 12.5. The number of halogens is 1. The lowest BCUT2D eigenvalue weighted by Crippen LogP contribution is -2.32. The fraction of sp³-hybridized carbons (Fsp3) is 0.222. The molecule has 3 rings (SSSR count). The van der Waals surface area contributed by atoms with Crippen LogP contribution in [0.15, 0.2) is 46.0 Å². The predicted octanol–water partition coefficient (Wildman–Crippen LogP) is 3.58. The highest BCUT2D eigenvalue weighted by Gasteiger charge is 2.35. The quantitative estimate of drug-likeness (QED) is 0.556. The van der Waals surface area contributed by atoms with E-state index in [1.54, 1.807) is 42.2 Å². The Labute approximate surface area is 163 Å². The van der Waals surface area contributed by atoms with Gasteiger partial charge in [0, 0.05) is 17.4 Å². The summed E-state index contributed by atoms with van der Waals surface area (Å²) in [6.45, 7) is 2.08. The van der Waals surface area contributed by atoms with Crippen LogP contribution in [0.5, 0.6) is 0 Å². The fourth-order valence-electron chi connectivity index (χ4n) is 2.59. The normalized spacial score (nSPS) is 13.1. The molecule has 1 aromatic heterocycles. The molecule has 1 aromatic carbocycles. The molecule has 2 heterocycles. The zero-order valence-corrected chi connectivity index (χ0v) is 16.4. The number of imide groups is 1. The number of thioether (sulfide) groups is 1. The maximum atomic E-state index is 12.4. The van der Waals surface area contributed by atoms with Crippen LogP contribution in [0, 0.1) is 0 Å². The minimum absolute atomic E-state index is 0.0259. The molecule has 3 amide bonds. The summed E-state index contributed by atoms with van der Waals surface area (Å²) in [7, 11) is 0. The van der Waals surface area contributed by atoms with Crippen molar-refractivity contribution in [2.24, 2.45) is 0 Å². The Morgan fingerprint density at radius 2 is 1.96 bits per heavy atom. The van der Waals surface area contributed by atoms with Gasteiger partial charge in [-0.25, -0.2) is 4.98 Å². The second-order valence-electron chi connectivity index (χ2n) is 5.57. The van der Waals surface area contributed by atoms with Gasteiger partial charge < -0.3 is 5.32 Å². The second kappa shape index (κ2) is 8.01. The predicted molar refractivity (Wildman–Crippen MR) is 103 cm³/mol. The van der Waals surface area contributed by atoms with Gasteiger partial charge in [0.2, 0.25) is 5.91 Å². The molecule has 1 aliphatic rings. The summed E-state index contributed by atoms with van der Waals surface area (Å²) in [5.74, 6) is -0.0923. The van der Waals surface area contributed by atoms with Crippen LogP contribution in [-0.2, 0) is 4.79 Å². The van der Waals surface area contributed by atoms with E-state index in [2.05, 4.69) is 26.2 Å². The van der Waals surface area contributed by atoms with Crippen LogP contribution in [0.2, 0.25) is 0 Å². The summed E-state index contributed by atoms with van der Waals surface area (Å²) in [4.78, 5) is 42.2. The first-order valence-electron chi connectivity index (χ1n) is 8.04. The Balaban J connectivity index is 1.58. The number of carbonyl (C=O) groups is 3. The molecule has 0 atom stereocenters. The molecule has 2 aromatic rings. The number of aromatic nitrogens is 1. The van der Waals surface area contributed by atoms with Crippen molar-refractivity contribution in [1.82, 2.24) is 9.88 Å². The summed E-state index contributed by atoms with van der Waals surface area (Å²) in [6.07, 6.45) is 1.62. The lowest BCUT2D eigenvalue weighted by atomic mass is 10.1. The maximum Gasteiger partial charge on any atom is 0.261 e. The van der Waals surface area contributed by atoms with Crippen molar-refractivity contribution >= 4 is 51.1 Å². The molecule has 0 spiro atoms. The van der Waals surface area contributed by atoms with E-state index in [0.29, 0.717) is 16.8 Å². The number of carbonyl (C=O) groups excluding carboxylic acids is 3. The van der Waals surface area contributed by atoms with Crippen LogP contribution in [0.1, 0.15) is 34.1 Å². The molecule has 0 fully saturated rings. The molecule has 0 saturated heterocycles. The van der Waals surface area contributed by atoms with Gasteiger partial charge in [0.15, 0.2) is 0 Å². The number of hydrogen-bond acceptors (Lipinski definition) is 5. The van der Waals surface area contributed by atoms with E-state index in [-0.39, 0.29) is 30.7 Å². The third-order valence-corrected chi connectivity index (χ3v) is 5.13. The maximum absolute atomic E-state index is 12.4. The second-order valence-corrected chi connectivity index (χ2v) is 7.77. The monoisotopic (exact) mass is 433 g/mol. The zero-order valence-electron chi connectivity index (χ0n) is 14.0. The van der Waals surface area contributed by atoms with E-state index >= 15 is 0 Å². The number of pyridine rings is 1. The summed E-state index contributed by atoms with van der Waals surface area (Å²) < 4.78 is 0.731. The molecule has 0 radical (unpaired) electrons. The highest BCUT2D eigenvalue weighted by molar-refractivity contribution is 9.10. The smallest absolute Gasteiger partial charge is 0.261 e. The Hall–Kier alpha value is -2.19. The molecule has 1 aliphatic heterocycles. The topological polar surface area (TPSA) is 79.4 Å². The van der Waals surface area contributed by atoms with Crippen LogP contribution in [0.3, 0.4) is 0 Å². The minimum Gasteiger partial charge on any atom is -0.325 e. The first-order valence-corrected chi connectivity index (χ1v) is 9.82. The molecule has 1 N–H and O–H groups in total. The van der Waals surface area contributed by atoms with E-state index in [9.17, 15) is 14.4 Å². The van der Waals surface area contributed by atoms with Gasteiger partial charge >= 0.3 is 0 Å². The van der Waals surface area contributed by atoms with Crippen molar-refractivity contribution in [3.8, 4) is 0 Å². The van der Waals surface area contributed by atoms with E-state index < -0.39 is 0 Å². The van der Waals surface area contributed by atoms with Gasteiger partial charge in [0.1, 0.15) is 0 Å². The highest BCUT2D eigenvalue weighted by Crippen LogP contribution is 2.26. The largest absolute Gasteiger partial charge is 0.325 e. The molecule has 134 valence electrons. The zero-order chi connectivity index (χ0) is 18.7. The molecule has 6 nitrogen and oxygen atoms in total. The Morgan fingerprint density at radius 3 is 2.65 bits per heavy atom. The summed E-state index contributed by atoms with van der Waals surface area (Å²) in [5.41, 5.74) is 1.31. The molecule has 0 aliphatic carbocycles. The van der Waals surface area contributed by atoms with Gasteiger partial charge in [-0.3, -0.25) is 19.3 Å². The number of amides is 3. The van der Waals surface area contributed by atoms with Crippen molar-refractivity contribution < 1.29 is 14.4 Å².